The van der Waals surface area contributed by atoms with Crippen molar-refractivity contribution in [2.75, 3.05) is 38.6 Å². The molecule has 0 radical (unpaired) electrons. The Labute approximate surface area is 439 Å². The maximum absolute atomic E-state index is 14.4. The molecule has 4 aliphatic heterocycles. The minimum Gasteiger partial charge on any atom is -0.507 e. The molecule has 12 bridgehead atoms. The summed E-state index contributed by atoms with van der Waals surface area (Å²) in [5.74, 6) is 1.55. The van der Waals surface area contributed by atoms with Crippen LogP contribution in [0.4, 0.5) is 0 Å². The molecule has 0 aliphatic carbocycles. The number of rotatable bonds is 3. The molecule has 8 rings (SSSR count). The average molecular weight is 1040 g/mol. The zero-order chi connectivity index (χ0) is 52.4. The molecule has 390 valence electrons. The van der Waals surface area contributed by atoms with Gasteiger partial charge in [-0.05, 0) is 49.6 Å². The second-order valence-corrected chi connectivity index (χ2v) is 25.8. The first-order valence-electron chi connectivity index (χ1n) is 24.7. The van der Waals surface area contributed by atoms with Gasteiger partial charge in [-0.1, -0.05) is 117 Å². The lowest BCUT2D eigenvalue weighted by Crippen LogP contribution is -2.44. The fourth-order valence-corrected chi connectivity index (χ4v) is 13.0. The number of methoxy groups -OCH3 is 3. The largest absolute Gasteiger partial charge is 0.507 e. The number of aromatic hydroxyl groups is 3. The normalized spacial score (nSPS) is 22.5. The van der Waals surface area contributed by atoms with E-state index in [2.05, 4.69) is 80.5 Å². The summed E-state index contributed by atoms with van der Waals surface area (Å²) in [4.78, 5) is 49.1. The second-order valence-electron chi connectivity index (χ2n) is 22.7. The van der Waals surface area contributed by atoms with Gasteiger partial charge in [0.05, 0.1) is 21.3 Å². The van der Waals surface area contributed by atoms with E-state index in [1.165, 1.54) is 21.3 Å². The first-order valence-corrected chi connectivity index (χ1v) is 28.2. The van der Waals surface area contributed by atoms with Crippen molar-refractivity contribution in [2.45, 2.75) is 153 Å². The predicted octanol–water partition coefficient (Wildman–Crippen LogP) is 10.1. The van der Waals surface area contributed by atoms with E-state index in [0.717, 1.165) is 33.4 Å². The Bertz CT molecular complexity index is 2280. The minimum atomic E-state index is -0.815. The first kappa shape index (κ1) is 55.4. The Morgan fingerprint density at radius 1 is 0.417 bits per heavy atom. The van der Waals surface area contributed by atoms with Crippen LogP contribution >= 0.6 is 35.3 Å². The lowest BCUT2D eigenvalue weighted by atomic mass is 9.83. The van der Waals surface area contributed by atoms with Crippen molar-refractivity contribution in [1.82, 2.24) is 14.7 Å². The molecule has 15 heteroatoms. The second kappa shape index (κ2) is 22.6. The van der Waals surface area contributed by atoms with Gasteiger partial charge < -0.3 is 29.5 Å². The van der Waals surface area contributed by atoms with Crippen molar-refractivity contribution in [3.05, 3.63) is 121 Å². The van der Waals surface area contributed by atoms with Crippen LogP contribution in [0.15, 0.2) is 54.6 Å². The molecule has 3 atom stereocenters. The summed E-state index contributed by atoms with van der Waals surface area (Å²) < 4.78 is 16.8. The number of benzene rings is 4. The van der Waals surface area contributed by atoms with Crippen molar-refractivity contribution in [2.24, 2.45) is 0 Å². The van der Waals surface area contributed by atoms with Gasteiger partial charge in [-0.2, -0.15) is 35.3 Å². The summed E-state index contributed by atoms with van der Waals surface area (Å²) >= 11 is 4.87. The summed E-state index contributed by atoms with van der Waals surface area (Å²) in [7, 11) is 4.19. The summed E-state index contributed by atoms with van der Waals surface area (Å²) in [6, 6.07) is 16.1. The molecule has 72 heavy (non-hydrogen) atoms. The maximum atomic E-state index is 14.4. The number of esters is 3. The number of hydrogen-bond acceptors (Lipinski definition) is 15. The molecule has 12 nitrogen and oxygen atoms in total. The van der Waals surface area contributed by atoms with Gasteiger partial charge in [-0.25, -0.2) is 0 Å². The summed E-state index contributed by atoms with van der Waals surface area (Å²) in [6.07, 6.45) is 0. The Balaban J connectivity index is 1.63. The van der Waals surface area contributed by atoms with Gasteiger partial charge in [0.15, 0.2) is 0 Å². The van der Waals surface area contributed by atoms with Gasteiger partial charge in [0.25, 0.3) is 0 Å². The molecule has 0 spiro atoms. The number of fused-ring (bicyclic) bond motifs is 9. The number of nitrogens with zero attached hydrogens (tertiary/aromatic N) is 3. The van der Waals surface area contributed by atoms with Crippen LogP contribution in [-0.4, -0.2) is 105 Å². The van der Waals surface area contributed by atoms with Gasteiger partial charge >= 0.3 is 17.9 Å². The number of thioether (sulfide) groups is 3. The van der Waals surface area contributed by atoms with Crippen molar-refractivity contribution < 1.29 is 43.9 Å². The van der Waals surface area contributed by atoms with Crippen molar-refractivity contribution in [3.63, 3.8) is 0 Å². The van der Waals surface area contributed by atoms with Crippen LogP contribution in [0.5, 0.6) is 17.2 Å². The third-order valence-corrected chi connectivity index (χ3v) is 17.4. The highest BCUT2D eigenvalue weighted by atomic mass is 32.2. The van der Waals surface area contributed by atoms with Crippen LogP contribution in [0.1, 0.15) is 129 Å². The predicted molar refractivity (Wildman–Crippen MR) is 291 cm³/mol. The van der Waals surface area contributed by atoms with E-state index in [9.17, 15) is 29.7 Å². The summed E-state index contributed by atoms with van der Waals surface area (Å²) in [5.41, 5.74) is 8.27. The topological polar surface area (TPSA) is 149 Å². The molecule has 0 amide bonds. The van der Waals surface area contributed by atoms with E-state index in [1.807, 2.05) is 51.1 Å². The van der Waals surface area contributed by atoms with Crippen LogP contribution in [0.2, 0.25) is 0 Å². The average Bonchev–Trinajstić information content (AvgIpc) is 3.30. The van der Waals surface area contributed by atoms with Crippen molar-refractivity contribution in [3.8, 4) is 17.2 Å². The molecule has 0 fully saturated rings. The first-order chi connectivity index (χ1) is 33.9. The molecular formula is C57H75N3O9S3. The molecule has 0 aromatic heterocycles. The molecule has 4 heterocycles. The number of phenols is 3. The number of carbonyl (C=O) groups is 3. The summed E-state index contributed by atoms with van der Waals surface area (Å²) in [6.45, 7) is 19.6. The highest BCUT2D eigenvalue weighted by Crippen LogP contribution is 2.41. The molecule has 4 aromatic carbocycles. The number of carbonyl (C=O) groups excluding carboxylic acids is 3. The van der Waals surface area contributed by atoms with Crippen molar-refractivity contribution in [1.29, 1.82) is 0 Å². The van der Waals surface area contributed by atoms with E-state index in [0.29, 0.717) is 67.9 Å². The monoisotopic (exact) mass is 1040 g/mol. The fourth-order valence-electron chi connectivity index (χ4n) is 9.77. The number of phenolic OH excluding ortho intramolecular Hbond substituents is 3. The fraction of sp³-hybridized carbons (Fsp3) is 0.526. The Morgan fingerprint density at radius 2 is 0.625 bits per heavy atom. The zero-order valence-electron chi connectivity index (χ0n) is 44.3. The summed E-state index contributed by atoms with van der Waals surface area (Å²) in [5, 5.41) is 38.3. The third-order valence-electron chi connectivity index (χ3n) is 14.1. The Hall–Kier alpha value is -4.38. The third kappa shape index (κ3) is 12.9. The quantitative estimate of drug-likeness (QED) is 0.132. The van der Waals surface area contributed by atoms with Gasteiger partial charge in [0, 0.05) is 107 Å². The van der Waals surface area contributed by atoms with Crippen LogP contribution in [-0.2, 0) is 101 Å². The van der Waals surface area contributed by atoms with Crippen LogP contribution in [0.3, 0.4) is 0 Å². The van der Waals surface area contributed by atoms with Gasteiger partial charge in [0.2, 0.25) is 0 Å². The van der Waals surface area contributed by atoms with Gasteiger partial charge in [-0.3, -0.25) is 29.1 Å². The Morgan fingerprint density at radius 3 is 0.806 bits per heavy atom. The zero-order valence-corrected chi connectivity index (χ0v) is 46.7. The van der Waals surface area contributed by atoms with Crippen LogP contribution < -0.4 is 0 Å². The van der Waals surface area contributed by atoms with Crippen LogP contribution in [0, 0.1) is 0 Å². The van der Waals surface area contributed by atoms with E-state index in [1.54, 1.807) is 35.3 Å². The molecule has 0 unspecified atom stereocenters. The molecule has 0 saturated heterocycles. The van der Waals surface area contributed by atoms with Gasteiger partial charge in [0.1, 0.15) is 35.4 Å². The maximum Gasteiger partial charge on any atom is 0.323 e. The van der Waals surface area contributed by atoms with E-state index >= 15 is 0 Å². The number of hydrogen-bond donors (Lipinski definition) is 3. The lowest BCUT2D eigenvalue weighted by molar-refractivity contribution is -0.147. The highest BCUT2D eigenvalue weighted by molar-refractivity contribution is 7.99. The van der Waals surface area contributed by atoms with Crippen molar-refractivity contribution >= 4 is 53.2 Å². The Kier molecular flexibility index (Phi) is 17.4. The molecule has 4 aliphatic rings. The van der Waals surface area contributed by atoms with Crippen LogP contribution in [0.25, 0.3) is 0 Å². The minimum absolute atomic E-state index is 0.0220. The molecular weight excluding hydrogens is 967 g/mol. The molecule has 0 saturated carbocycles. The highest BCUT2D eigenvalue weighted by Gasteiger charge is 2.36. The van der Waals surface area contributed by atoms with Gasteiger partial charge in [-0.15, -0.1) is 0 Å². The molecule has 4 aromatic rings. The smallest absolute Gasteiger partial charge is 0.323 e. The number of ether oxygens (including phenoxy) is 3. The van der Waals surface area contributed by atoms with E-state index in [-0.39, 0.29) is 72.8 Å². The SMILES string of the molecule is COC(=O)[C@H]1CSCc2cc3cc(c2)CSC[C@H](C(=O)OC)N2Cc4cc(C(C)(C)C)cc(c4O)CN1Cc1cc(C(C)(C)C)cc(c1O)CN(Cc1cc(C(C)(C)C)cc(c1O)C2)[C@@H](C(=O)OC)CSC3. The van der Waals surface area contributed by atoms with E-state index < -0.39 is 36.0 Å². The molecule has 3 N–H and O–H groups in total. The van der Waals surface area contributed by atoms with E-state index in [4.69, 9.17) is 14.2 Å². The lowest BCUT2D eigenvalue weighted by Gasteiger charge is -2.35. The standard InChI is InChI=1S/C57H75N3O9S3/c1-55(2,3)43-16-37-22-58-24-39-18-44(56(4,5)6)20-41(50(39)62)26-60-27-42-21-45(57(7,8)9)19-40(51(42)63)25-59(23-38(17-43)49(37)61)47(53(65)68-11)32-71-29-35-13-34(28-70-31-46(58)52(64)67-10)14-36(15-35)30-72-33-48(60)54(66)69-12/h13-21,46-48,61-63H,22-33H2,1-12H3/t46-,47-,48-/m1/s1.